The second-order valence-corrected chi connectivity index (χ2v) is 7.89. The molecule has 5 nitrogen and oxygen atoms in total. The minimum Gasteiger partial charge on any atom is -0.396 e. The number of nitrogens with zero attached hydrogens (tertiary/aromatic N) is 3. The average Bonchev–Trinajstić information content (AvgIpc) is 3.24. The number of aliphatic hydroxyl groups excluding tert-OH is 1. The number of rotatable bonds is 4. The highest BCUT2D eigenvalue weighted by Crippen LogP contribution is 2.42. The van der Waals surface area contributed by atoms with Gasteiger partial charge in [0.05, 0.1) is 6.61 Å². The van der Waals surface area contributed by atoms with Gasteiger partial charge >= 0.3 is 0 Å². The Kier molecular flexibility index (Phi) is 4.59. The quantitative estimate of drug-likeness (QED) is 0.914. The topological polar surface area (TPSA) is 48.7 Å². The van der Waals surface area contributed by atoms with E-state index in [9.17, 15) is 9.90 Å². The molecule has 0 saturated carbocycles. The molecule has 2 aromatic rings. The monoisotopic (exact) mass is 353 g/mol. The Labute approximate surface area is 154 Å². The Bertz CT molecular complexity index is 773. The van der Waals surface area contributed by atoms with E-state index in [1.807, 2.05) is 40.9 Å². The van der Waals surface area contributed by atoms with E-state index in [1.165, 1.54) is 5.56 Å². The molecule has 2 fully saturated rings. The van der Waals surface area contributed by atoms with Gasteiger partial charge in [0.15, 0.2) is 0 Å². The molecule has 1 aromatic heterocycles. The van der Waals surface area contributed by atoms with Crippen LogP contribution >= 0.6 is 0 Å². The molecule has 4 rings (SSSR count). The average molecular weight is 353 g/mol. The van der Waals surface area contributed by atoms with Crippen molar-refractivity contribution in [3.63, 3.8) is 0 Å². The van der Waals surface area contributed by atoms with Crippen LogP contribution in [0.2, 0.25) is 0 Å². The molecular weight excluding hydrogens is 326 g/mol. The number of aliphatic hydroxyl groups is 1. The molecule has 1 N–H and O–H groups in total. The summed E-state index contributed by atoms with van der Waals surface area (Å²) in [5.41, 5.74) is 1.82. The molecular formula is C21H27N3O2. The summed E-state index contributed by atoms with van der Waals surface area (Å²) < 4.78 is 1.87. The number of piperidine rings is 1. The second-order valence-electron chi connectivity index (χ2n) is 7.89. The maximum absolute atomic E-state index is 12.9. The molecule has 5 heteroatoms. The zero-order valence-corrected chi connectivity index (χ0v) is 15.3. The number of hydrogen-bond acceptors (Lipinski definition) is 3. The molecule has 0 radical (unpaired) electrons. The molecule has 138 valence electrons. The summed E-state index contributed by atoms with van der Waals surface area (Å²) in [5, 5.41) is 10.3. The van der Waals surface area contributed by atoms with E-state index in [0.717, 1.165) is 38.3 Å². The summed E-state index contributed by atoms with van der Waals surface area (Å²) in [6, 6.07) is 14.3. The van der Waals surface area contributed by atoms with Gasteiger partial charge in [0.2, 0.25) is 0 Å². The van der Waals surface area contributed by atoms with E-state index in [1.54, 1.807) is 0 Å². The summed E-state index contributed by atoms with van der Waals surface area (Å²) >= 11 is 0. The van der Waals surface area contributed by atoms with Crippen molar-refractivity contribution in [2.45, 2.75) is 13.0 Å². The van der Waals surface area contributed by atoms with Gasteiger partial charge in [-0.1, -0.05) is 30.3 Å². The minimum absolute atomic E-state index is 0.0743. The number of aromatic nitrogens is 1. The fourth-order valence-electron chi connectivity index (χ4n) is 4.70. The SMILES string of the molecule is Cn1cccc1C(=O)N1CC[C@H]2CN(Cc3ccccc3)C[C@@]2(CO)C1. The van der Waals surface area contributed by atoms with Crippen LogP contribution in [0.1, 0.15) is 22.5 Å². The number of carbonyl (C=O) groups is 1. The Balaban J connectivity index is 1.49. The van der Waals surface area contributed by atoms with E-state index >= 15 is 0 Å². The van der Waals surface area contributed by atoms with Crippen molar-refractivity contribution in [3.8, 4) is 0 Å². The predicted molar refractivity (Wildman–Crippen MR) is 101 cm³/mol. The lowest BCUT2D eigenvalue weighted by Crippen LogP contribution is -2.52. The fraction of sp³-hybridized carbons (Fsp3) is 0.476. The molecule has 3 heterocycles. The molecule has 2 aliphatic heterocycles. The number of carbonyl (C=O) groups excluding carboxylic acids is 1. The van der Waals surface area contributed by atoms with Crippen LogP contribution in [-0.2, 0) is 13.6 Å². The number of amides is 1. The molecule has 0 bridgehead atoms. The first-order chi connectivity index (χ1) is 12.6. The molecule has 2 atom stereocenters. The number of aryl methyl sites for hydroxylation is 1. The standard InChI is InChI=1S/C21H27N3O2/c1-22-10-5-8-19(22)20(26)24-11-9-18-13-23(14-21(18,15-24)16-25)12-17-6-3-2-4-7-17/h2-8,10,18,25H,9,11-16H2,1H3/t18-,21-/m0/s1. The van der Waals surface area contributed by atoms with Gasteiger partial charge in [0.25, 0.3) is 5.91 Å². The lowest BCUT2D eigenvalue weighted by atomic mass is 9.74. The van der Waals surface area contributed by atoms with Crippen molar-refractivity contribution in [1.29, 1.82) is 0 Å². The minimum atomic E-state index is -0.201. The second kappa shape index (κ2) is 6.89. The van der Waals surface area contributed by atoms with E-state index in [-0.39, 0.29) is 17.9 Å². The highest BCUT2D eigenvalue weighted by atomic mass is 16.3. The van der Waals surface area contributed by atoms with Crippen LogP contribution in [0.15, 0.2) is 48.7 Å². The molecule has 26 heavy (non-hydrogen) atoms. The van der Waals surface area contributed by atoms with Crippen molar-refractivity contribution in [3.05, 3.63) is 59.9 Å². The largest absolute Gasteiger partial charge is 0.396 e. The third-order valence-electron chi connectivity index (χ3n) is 6.15. The van der Waals surface area contributed by atoms with Crippen molar-refractivity contribution in [2.75, 3.05) is 32.8 Å². The van der Waals surface area contributed by atoms with Crippen molar-refractivity contribution in [1.82, 2.24) is 14.4 Å². The van der Waals surface area contributed by atoms with Gasteiger partial charge in [-0.3, -0.25) is 9.69 Å². The number of hydrogen-bond donors (Lipinski definition) is 1. The Hall–Kier alpha value is -2.11. The van der Waals surface area contributed by atoms with Crippen molar-refractivity contribution in [2.24, 2.45) is 18.4 Å². The number of benzene rings is 1. The van der Waals surface area contributed by atoms with Crippen molar-refractivity contribution < 1.29 is 9.90 Å². The van der Waals surface area contributed by atoms with Gasteiger partial charge in [-0.15, -0.1) is 0 Å². The van der Waals surface area contributed by atoms with Crippen LogP contribution < -0.4 is 0 Å². The van der Waals surface area contributed by atoms with Gasteiger partial charge in [0.1, 0.15) is 5.69 Å². The zero-order valence-electron chi connectivity index (χ0n) is 15.3. The van der Waals surface area contributed by atoms with Crippen LogP contribution in [0.3, 0.4) is 0 Å². The summed E-state index contributed by atoms with van der Waals surface area (Å²) in [6.07, 6.45) is 2.86. The van der Waals surface area contributed by atoms with Crippen LogP contribution in [0, 0.1) is 11.3 Å². The molecule has 1 aromatic carbocycles. The van der Waals surface area contributed by atoms with Crippen LogP contribution in [0.5, 0.6) is 0 Å². The van der Waals surface area contributed by atoms with E-state index < -0.39 is 0 Å². The first-order valence-corrected chi connectivity index (χ1v) is 9.39. The van der Waals surface area contributed by atoms with Gasteiger partial charge in [-0.25, -0.2) is 0 Å². The normalized spacial score (nSPS) is 26.1. The van der Waals surface area contributed by atoms with Crippen molar-refractivity contribution >= 4 is 5.91 Å². The molecule has 1 amide bonds. The summed E-state index contributed by atoms with van der Waals surface area (Å²) in [5.74, 6) is 0.527. The lowest BCUT2D eigenvalue weighted by molar-refractivity contribution is 0.0113. The summed E-state index contributed by atoms with van der Waals surface area (Å²) in [4.78, 5) is 17.3. The Morgan fingerprint density at radius 3 is 2.69 bits per heavy atom. The Morgan fingerprint density at radius 1 is 1.19 bits per heavy atom. The van der Waals surface area contributed by atoms with Gasteiger partial charge in [-0.05, 0) is 30.0 Å². The molecule has 0 unspecified atom stereocenters. The number of fused-ring (bicyclic) bond motifs is 1. The first-order valence-electron chi connectivity index (χ1n) is 9.39. The fourth-order valence-corrected chi connectivity index (χ4v) is 4.70. The van der Waals surface area contributed by atoms with E-state index in [2.05, 4.69) is 29.2 Å². The lowest BCUT2D eigenvalue weighted by Gasteiger charge is -2.43. The number of likely N-dealkylation sites (tertiary alicyclic amines) is 2. The summed E-state index contributed by atoms with van der Waals surface area (Å²) in [6.45, 7) is 4.31. The van der Waals surface area contributed by atoms with Crippen LogP contribution in [0.25, 0.3) is 0 Å². The highest BCUT2D eigenvalue weighted by Gasteiger charge is 2.50. The maximum atomic E-state index is 12.9. The van der Waals surface area contributed by atoms with Crippen LogP contribution in [-0.4, -0.2) is 58.2 Å². The third kappa shape index (κ3) is 3.06. The van der Waals surface area contributed by atoms with Crippen LogP contribution in [0.4, 0.5) is 0 Å². The van der Waals surface area contributed by atoms with E-state index in [0.29, 0.717) is 12.5 Å². The molecule has 0 aliphatic carbocycles. The predicted octanol–water partition coefficient (Wildman–Crippen LogP) is 1.98. The molecule has 0 spiro atoms. The first kappa shape index (κ1) is 17.3. The van der Waals surface area contributed by atoms with E-state index in [4.69, 9.17) is 0 Å². The molecule has 2 aliphatic rings. The van der Waals surface area contributed by atoms with Gasteiger partial charge in [0, 0.05) is 51.4 Å². The Morgan fingerprint density at radius 2 is 2.00 bits per heavy atom. The maximum Gasteiger partial charge on any atom is 0.270 e. The smallest absolute Gasteiger partial charge is 0.270 e. The third-order valence-corrected chi connectivity index (χ3v) is 6.15. The zero-order chi connectivity index (χ0) is 18.1. The van der Waals surface area contributed by atoms with Gasteiger partial charge in [-0.2, -0.15) is 0 Å². The molecule has 2 saturated heterocycles. The highest BCUT2D eigenvalue weighted by molar-refractivity contribution is 5.92. The summed E-state index contributed by atoms with van der Waals surface area (Å²) in [7, 11) is 1.90. The van der Waals surface area contributed by atoms with Gasteiger partial charge < -0.3 is 14.6 Å².